The van der Waals surface area contributed by atoms with E-state index in [9.17, 15) is 5.11 Å². The highest BCUT2D eigenvalue weighted by atomic mass is 16.5. The second-order valence-electron chi connectivity index (χ2n) is 5.48. The van der Waals surface area contributed by atoms with Gasteiger partial charge in [0.1, 0.15) is 5.75 Å². The zero-order chi connectivity index (χ0) is 14.2. The Morgan fingerprint density at radius 3 is 2.52 bits per heavy atom. The average Bonchev–Trinajstić information content (AvgIpc) is 2.54. The van der Waals surface area contributed by atoms with Crippen LogP contribution in [0.3, 0.4) is 0 Å². The highest BCUT2D eigenvalue weighted by Crippen LogP contribution is 2.49. The largest absolute Gasteiger partial charge is 0.504 e. The molecule has 0 amide bonds. The molecule has 0 radical (unpaired) electrons. The van der Waals surface area contributed by atoms with Gasteiger partial charge in [-0.05, 0) is 43.6 Å². The molecule has 0 unspecified atom stereocenters. The number of hydrogen-bond acceptors (Lipinski definition) is 3. The Kier molecular flexibility index (Phi) is 2.93. The fourth-order valence-electron chi connectivity index (χ4n) is 3.21. The first-order valence-corrected chi connectivity index (χ1v) is 7.37. The summed E-state index contributed by atoms with van der Waals surface area (Å²) in [6, 6.07) is 13.7. The Bertz CT molecular complexity index is 726. The van der Waals surface area contributed by atoms with Crippen molar-refractivity contribution in [1.29, 1.82) is 0 Å². The lowest BCUT2D eigenvalue weighted by molar-refractivity contribution is 0.406. The summed E-state index contributed by atoms with van der Waals surface area (Å²) in [5.41, 5.74) is 4.82. The number of phenolic OH excluding ortho intramolecular Hbond substituents is 1. The van der Waals surface area contributed by atoms with Crippen molar-refractivity contribution < 1.29 is 9.84 Å². The van der Waals surface area contributed by atoms with E-state index in [0.717, 1.165) is 42.8 Å². The van der Waals surface area contributed by atoms with Crippen LogP contribution in [-0.4, -0.2) is 18.2 Å². The molecule has 2 aromatic carbocycles. The molecule has 2 heterocycles. The number of piperidine rings is 1. The van der Waals surface area contributed by atoms with E-state index < -0.39 is 0 Å². The molecule has 4 rings (SSSR count). The molecular weight excluding hydrogens is 262 g/mol. The van der Waals surface area contributed by atoms with E-state index in [-0.39, 0.29) is 5.75 Å². The highest BCUT2D eigenvalue weighted by molar-refractivity contribution is 5.90. The van der Waals surface area contributed by atoms with Gasteiger partial charge in [0.15, 0.2) is 11.5 Å². The molecule has 106 valence electrons. The van der Waals surface area contributed by atoms with Gasteiger partial charge in [-0.1, -0.05) is 35.9 Å². The first-order valence-electron chi connectivity index (χ1n) is 7.37. The Labute approximate surface area is 123 Å². The van der Waals surface area contributed by atoms with E-state index in [4.69, 9.17) is 4.74 Å². The van der Waals surface area contributed by atoms with Gasteiger partial charge in [-0.25, -0.2) is 0 Å². The number of benzene rings is 2. The van der Waals surface area contributed by atoms with E-state index in [1.54, 1.807) is 6.07 Å². The maximum absolute atomic E-state index is 10.1. The SMILES string of the molecule is Oc1cccc2c1Oc1ccccc1C2=C1CCNCC1. The molecule has 2 aromatic rings. The molecule has 3 heteroatoms. The summed E-state index contributed by atoms with van der Waals surface area (Å²) in [5.74, 6) is 1.61. The molecule has 0 aliphatic carbocycles. The van der Waals surface area contributed by atoms with Crippen molar-refractivity contribution >= 4 is 5.57 Å². The van der Waals surface area contributed by atoms with Gasteiger partial charge in [-0.2, -0.15) is 0 Å². The van der Waals surface area contributed by atoms with Crippen LogP contribution in [0, 0.1) is 0 Å². The number of aromatic hydroxyl groups is 1. The minimum Gasteiger partial charge on any atom is -0.504 e. The second-order valence-corrected chi connectivity index (χ2v) is 5.48. The van der Waals surface area contributed by atoms with Crippen molar-refractivity contribution in [1.82, 2.24) is 5.32 Å². The minimum absolute atomic E-state index is 0.203. The number of nitrogens with one attached hydrogen (secondary N) is 1. The molecule has 2 aliphatic rings. The van der Waals surface area contributed by atoms with E-state index in [2.05, 4.69) is 11.4 Å². The van der Waals surface area contributed by atoms with Crippen LogP contribution >= 0.6 is 0 Å². The van der Waals surface area contributed by atoms with Gasteiger partial charge in [0.05, 0.1) is 0 Å². The number of fused-ring (bicyclic) bond motifs is 2. The maximum atomic E-state index is 10.1. The van der Waals surface area contributed by atoms with E-state index in [1.165, 1.54) is 11.1 Å². The summed E-state index contributed by atoms with van der Waals surface area (Å²) in [4.78, 5) is 0. The van der Waals surface area contributed by atoms with E-state index in [1.807, 2.05) is 30.3 Å². The van der Waals surface area contributed by atoms with Crippen LogP contribution in [0.4, 0.5) is 0 Å². The van der Waals surface area contributed by atoms with Crippen LogP contribution in [-0.2, 0) is 0 Å². The predicted octanol–water partition coefficient (Wildman–Crippen LogP) is 3.68. The molecule has 0 aromatic heterocycles. The molecule has 0 spiro atoms. The number of hydrogen-bond donors (Lipinski definition) is 2. The van der Waals surface area contributed by atoms with Gasteiger partial charge in [-0.3, -0.25) is 0 Å². The number of rotatable bonds is 0. The third kappa shape index (κ3) is 2.01. The fourth-order valence-corrected chi connectivity index (χ4v) is 3.21. The summed E-state index contributed by atoms with van der Waals surface area (Å²) < 4.78 is 5.93. The molecule has 3 nitrogen and oxygen atoms in total. The number of phenols is 1. The lowest BCUT2D eigenvalue weighted by Gasteiger charge is -2.27. The molecule has 1 saturated heterocycles. The topological polar surface area (TPSA) is 41.5 Å². The molecule has 0 bridgehead atoms. The van der Waals surface area contributed by atoms with Crippen molar-refractivity contribution in [3.63, 3.8) is 0 Å². The highest BCUT2D eigenvalue weighted by Gasteiger charge is 2.26. The van der Waals surface area contributed by atoms with Gasteiger partial charge in [-0.15, -0.1) is 0 Å². The number of ether oxygens (including phenoxy) is 1. The smallest absolute Gasteiger partial charge is 0.176 e. The summed E-state index contributed by atoms with van der Waals surface area (Å²) in [7, 11) is 0. The van der Waals surface area contributed by atoms with Crippen LogP contribution in [0.2, 0.25) is 0 Å². The Morgan fingerprint density at radius 1 is 0.905 bits per heavy atom. The zero-order valence-corrected chi connectivity index (χ0v) is 11.7. The lowest BCUT2D eigenvalue weighted by Crippen LogP contribution is -2.24. The third-order valence-corrected chi connectivity index (χ3v) is 4.19. The molecule has 0 atom stereocenters. The molecule has 21 heavy (non-hydrogen) atoms. The van der Waals surface area contributed by atoms with Crippen LogP contribution in [0.5, 0.6) is 17.2 Å². The lowest BCUT2D eigenvalue weighted by atomic mass is 9.86. The molecular formula is C18H17NO2. The van der Waals surface area contributed by atoms with Crippen molar-refractivity contribution in [3.8, 4) is 17.2 Å². The molecule has 2 aliphatic heterocycles. The van der Waals surface area contributed by atoms with Crippen LogP contribution < -0.4 is 10.1 Å². The Morgan fingerprint density at radius 2 is 1.67 bits per heavy atom. The van der Waals surface area contributed by atoms with E-state index in [0.29, 0.717) is 5.75 Å². The predicted molar refractivity (Wildman–Crippen MR) is 82.7 cm³/mol. The van der Waals surface area contributed by atoms with Crippen LogP contribution in [0.15, 0.2) is 48.0 Å². The van der Waals surface area contributed by atoms with Crippen molar-refractivity contribution in [2.45, 2.75) is 12.8 Å². The molecule has 1 fully saturated rings. The second kappa shape index (κ2) is 4.93. The van der Waals surface area contributed by atoms with Gasteiger partial charge >= 0.3 is 0 Å². The van der Waals surface area contributed by atoms with Crippen molar-refractivity contribution in [2.24, 2.45) is 0 Å². The standard InChI is InChI=1S/C18H17NO2/c20-15-6-3-5-14-17(12-8-10-19-11-9-12)13-4-1-2-7-16(13)21-18(14)15/h1-7,19-20H,8-11H2. The Hall–Kier alpha value is -2.26. The summed E-state index contributed by atoms with van der Waals surface area (Å²) >= 11 is 0. The summed E-state index contributed by atoms with van der Waals surface area (Å²) in [6.07, 6.45) is 2.08. The van der Waals surface area contributed by atoms with Gasteiger partial charge in [0.25, 0.3) is 0 Å². The van der Waals surface area contributed by atoms with Crippen molar-refractivity contribution in [3.05, 3.63) is 59.2 Å². The maximum Gasteiger partial charge on any atom is 0.176 e. The summed E-state index contributed by atoms with van der Waals surface area (Å²) in [5, 5.41) is 13.5. The van der Waals surface area contributed by atoms with Gasteiger partial charge < -0.3 is 15.2 Å². The average molecular weight is 279 g/mol. The fraction of sp³-hybridized carbons (Fsp3) is 0.222. The van der Waals surface area contributed by atoms with Gasteiger partial charge in [0, 0.05) is 11.1 Å². The number of para-hydroxylation sites is 2. The Balaban J connectivity index is 1.99. The zero-order valence-electron chi connectivity index (χ0n) is 11.7. The minimum atomic E-state index is 0.203. The van der Waals surface area contributed by atoms with Crippen LogP contribution in [0.1, 0.15) is 24.0 Å². The molecule has 2 N–H and O–H groups in total. The molecule has 0 saturated carbocycles. The third-order valence-electron chi connectivity index (χ3n) is 4.19. The first-order chi connectivity index (χ1) is 10.3. The monoisotopic (exact) mass is 279 g/mol. The van der Waals surface area contributed by atoms with E-state index >= 15 is 0 Å². The van der Waals surface area contributed by atoms with Gasteiger partial charge in [0.2, 0.25) is 0 Å². The normalized spacial score (nSPS) is 17.0. The van der Waals surface area contributed by atoms with Crippen LogP contribution in [0.25, 0.3) is 5.57 Å². The first kappa shape index (κ1) is 12.5. The van der Waals surface area contributed by atoms with Crippen molar-refractivity contribution in [2.75, 3.05) is 13.1 Å². The summed E-state index contributed by atoms with van der Waals surface area (Å²) in [6.45, 7) is 2.02. The quantitative estimate of drug-likeness (QED) is 0.659.